The van der Waals surface area contributed by atoms with Crippen molar-refractivity contribution in [2.24, 2.45) is 23.3 Å². The molecule has 0 bridgehead atoms. The number of aliphatic carboxylic acids is 1. The Morgan fingerprint density at radius 1 is 0.600 bits per heavy atom. The lowest BCUT2D eigenvalue weighted by molar-refractivity contribution is -0.146. The summed E-state index contributed by atoms with van der Waals surface area (Å²) >= 11 is 0. The SMILES string of the molecule is CC[C@H](C)[C@H](N)C(=O)N[C@H](C(=O)N[C@H](C(=O)N[C@@H](CC(N)=O)C(=O)N[C@H](C(=O)N[C@H](C(=O)O)[C@@H](C)O)[C@@H](C)O)[C@@H](C)O)C(C)C. The first-order chi connectivity index (χ1) is 20.7. The van der Waals surface area contributed by atoms with Gasteiger partial charge < -0.3 is 58.5 Å². The number of carbonyl (C=O) groups excluding carboxylic acids is 6. The Balaban J connectivity index is 5.96. The van der Waals surface area contributed by atoms with E-state index >= 15 is 0 Å². The molecule has 0 heterocycles. The highest BCUT2D eigenvalue weighted by atomic mass is 16.4. The van der Waals surface area contributed by atoms with E-state index in [1.807, 2.05) is 12.2 Å². The molecule has 0 aliphatic rings. The first-order valence-electron chi connectivity index (χ1n) is 14.5. The van der Waals surface area contributed by atoms with Gasteiger partial charge in [0.25, 0.3) is 0 Å². The van der Waals surface area contributed by atoms with Crippen LogP contribution < -0.4 is 38.1 Å². The first-order valence-corrected chi connectivity index (χ1v) is 14.5. The van der Waals surface area contributed by atoms with Gasteiger partial charge in [-0.25, -0.2) is 4.79 Å². The van der Waals surface area contributed by atoms with Crippen LogP contribution in [0, 0.1) is 11.8 Å². The molecule has 0 aliphatic carbocycles. The van der Waals surface area contributed by atoms with Crippen LogP contribution in [0.3, 0.4) is 0 Å². The minimum Gasteiger partial charge on any atom is -0.480 e. The predicted octanol–water partition coefficient (Wildman–Crippen LogP) is -4.46. The zero-order chi connectivity index (χ0) is 35.3. The maximum Gasteiger partial charge on any atom is 0.328 e. The number of hydrogen-bond acceptors (Lipinski definition) is 11. The first kappa shape index (κ1) is 41.1. The van der Waals surface area contributed by atoms with Crippen molar-refractivity contribution in [2.45, 2.75) is 116 Å². The van der Waals surface area contributed by atoms with Crippen LogP contribution in [0.1, 0.15) is 61.3 Å². The molecule has 258 valence electrons. The molecule has 0 spiro atoms. The van der Waals surface area contributed by atoms with Gasteiger partial charge in [0.2, 0.25) is 35.4 Å². The lowest BCUT2D eigenvalue weighted by atomic mass is 9.97. The van der Waals surface area contributed by atoms with Gasteiger partial charge in [0.15, 0.2) is 6.04 Å². The molecule has 0 aromatic carbocycles. The van der Waals surface area contributed by atoms with Crippen molar-refractivity contribution in [3.63, 3.8) is 0 Å². The molecule has 13 N–H and O–H groups in total. The Hall–Kier alpha value is -3.87. The van der Waals surface area contributed by atoms with E-state index in [9.17, 15) is 54.0 Å². The average Bonchev–Trinajstić information content (AvgIpc) is 2.92. The molecule has 0 saturated carbocycles. The summed E-state index contributed by atoms with van der Waals surface area (Å²) in [7, 11) is 0. The minimum absolute atomic E-state index is 0.193. The van der Waals surface area contributed by atoms with Crippen molar-refractivity contribution < 1.29 is 54.0 Å². The fraction of sp³-hybridized carbons (Fsp3) is 0.741. The Morgan fingerprint density at radius 3 is 1.36 bits per heavy atom. The van der Waals surface area contributed by atoms with Gasteiger partial charge in [0.05, 0.1) is 30.8 Å². The fourth-order valence-electron chi connectivity index (χ4n) is 3.91. The zero-order valence-electron chi connectivity index (χ0n) is 26.6. The molecule has 18 nitrogen and oxygen atoms in total. The maximum absolute atomic E-state index is 13.2. The molecule has 0 aliphatic heterocycles. The molecule has 45 heavy (non-hydrogen) atoms. The normalized spacial score (nSPS) is 18.0. The highest BCUT2D eigenvalue weighted by molar-refractivity contribution is 5.98. The van der Waals surface area contributed by atoms with Gasteiger partial charge in [0.1, 0.15) is 24.2 Å². The quantitative estimate of drug-likeness (QED) is 0.0632. The van der Waals surface area contributed by atoms with Crippen LogP contribution in [0.15, 0.2) is 0 Å². The van der Waals surface area contributed by atoms with E-state index in [0.717, 1.165) is 20.8 Å². The number of rotatable bonds is 19. The Bertz CT molecular complexity index is 1070. The highest BCUT2D eigenvalue weighted by Gasteiger charge is 2.37. The lowest BCUT2D eigenvalue weighted by Crippen LogP contribution is -2.63. The molecular weight excluding hydrogens is 598 g/mol. The number of amides is 6. The van der Waals surface area contributed by atoms with E-state index in [0.29, 0.717) is 6.42 Å². The van der Waals surface area contributed by atoms with Gasteiger partial charge in [-0.3, -0.25) is 28.8 Å². The summed E-state index contributed by atoms with van der Waals surface area (Å²) in [4.78, 5) is 87.7. The molecular formula is C27H49N7O11. The van der Waals surface area contributed by atoms with Gasteiger partial charge in [-0.15, -0.1) is 0 Å². The summed E-state index contributed by atoms with van der Waals surface area (Å²) in [5.41, 5.74) is 11.2. The summed E-state index contributed by atoms with van der Waals surface area (Å²) < 4.78 is 0. The molecule has 0 fully saturated rings. The number of aliphatic hydroxyl groups excluding tert-OH is 3. The van der Waals surface area contributed by atoms with E-state index in [1.54, 1.807) is 20.8 Å². The summed E-state index contributed by atoms with van der Waals surface area (Å²) in [6.07, 6.45) is -4.95. The standard InChI is InChI=1S/C27H49N7O11/c1-8-11(4)17(29)23(40)31-18(10(2)3)24(41)33-19(12(5)35)25(42)30-15(9-16(28)38)22(39)32-20(13(6)36)26(43)34-21(14(7)37)27(44)45/h10-15,17-21,35-37H,8-9,29H2,1-7H3,(H2,28,38)(H,30,42)(H,31,40)(H,32,39)(H,33,41)(H,34,43)(H,44,45)/t11-,12+,13+,14+,15-,17-,18-,19-,20-,21-/m0/s1. The minimum atomic E-state index is -1.81. The van der Waals surface area contributed by atoms with Crippen LogP contribution in [-0.4, -0.2) is 116 Å². The second-order valence-corrected chi connectivity index (χ2v) is 11.4. The van der Waals surface area contributed by atoms with Gasteiger partial charge in [0, 0.05) is 0 Å². The van der Waals surface area contributed by atoms with E-state index < -0.39 is 108 Å². The maximum atomic E-state index is 13.2. The molecule has 0 saturated heterocycles. The zero-order valence-corrected chi connectivity index (χ0v) is 26.6. The Labute approximate surface area is 261 Å². The van der Waals surface area contributed by atoms with Crippen molar-refractivity contribution in [1.82, 2.24) is 26.6 Å². The Morgan fingerprint density at radius 2 is 0.978 bits per heavy atom. The van der Waals surface area contributed by atoms with Crippen LogP contribution >= 0.6 is 0 Å². The molecule has 0 rings (SSSR count). The van der Waals surface area contributed by atoms with Gasteiger partial charge in [-0.2, -0.15) is 0 Å². The van der Waals surface area contributed by atoms with E-state index in [-0.39, 0.29) is 5.92 Å². The number of carboxylic acid groups (broad SMARTS) is 1. The number of primary amides is 1. The average molecular weight is 648 g/mol. The van der Waals surface area contributed by atoms with Crippen molar-refractivity contribution in [2.75, 3.05) is 0 Å². The van der Waals surface area contributed by atoms with Crippen LogP contribution in [0.5, 0.6) is 0 Å². The second-order valence-electron chi connectivity index (χ2n) is 11.4. The van der Waals surface area contributed by atoms with Crippen LogP contribution in [-0.2, 0) is 33.6 Å². The third kappa shape index (κ3) is 13.3. The number of carboxylic acids is 1. The van der Waals surface area contributed by atoms with Gasteiger partial charge >= 0.3 is 5.97 Å². The molecule has 10 atom stereocenters. The van der Waals surface area contributed by atoms with E-state index in [2.05, 4.69) is 21.3 Å². The van der Waals surface area contributed by atoms with E-state index in [1.165, 1.54) is 0 Å². The number of nitrogens with one attached hydrogen (secondary N) is 5. The van der Waals surface area contributed by atoms with Crippen molar-refractivity contribution in [3.8, 4) is 0 Å². The largest absolute Gasteiger partial charge is 0.480 e. The summed E-state index contributed by atoms with van der Waals surface area (Å²) in [6, 6.07) is -9.19. The van der Waals surface area contributed by atoms with Crippen LogP contribution in [0.4, 0.5) is 0 Å². The second kappa shape index (κ2) is 18.8. The van der Waals surface area contributed by atoms with Crippen LogP contribution in [0.2, 0.25) is 0 Å². The molecule has 6 amide bonds. The monoisotopic (exact) mass is 647 g/mol. The molecule has 0 radical (unpaired) electrons. The Kier molecular flexibility index (Phi) is 17.2. The lowest BCUT2D eigenvalue weighted by Gasteiger charge is -2.29. The smallest absolute Gasteiger partial charge is 0.328 e. The molecule has 0 unspecified atom stereocenters. The molecule has 18 heteroatoms. The van der Waals surface area contributed by atoms with Crippen LogP contribution in [0.25, 0.3) is 0 Å². The third-order valence-corrected chi connectivity index (χ3v) is 7.02. The summed E-state index contributed by atoms with van der Waals surface area (Å²) in [5, 5.41) is 50.3. The molecule has 0 aromatic heterocycles. The van der Waals surface area contributed by atoms with Crippen molar-refractivity contribution >= 4 is 41.4 Å². The predicted molar refractivity (Wildman–Crippen MR) is 158 cm³/mol. The topological polar surface area (TPSA) is 313 Å². The molecule has 0 aromatic rings. The van der Waals surface area contributed by atoms with Crippen molar-refractivity contribution in [1.29, 1.82) is 0 Å². The van der Waals surface area contributed by atoms with Gasteiger partial charge in [-0.1, -0.05) is 34.1 Å². The summed E-state index contributed by atoms with van der Waals surface area (Å²) in [6.45, 7) is 10.2. The fourth-order valence-corrected chi connectivity index (χ4v) is 3.91. The van der Waals surface area contributed by atoms with Gasteiger partial charge in [-0.05, 0) is 32.6 Å². The number of hydrogen-bond donors (Lipinski definition) is 11. The number of carbonyl (C=O) groups is 7. The third-order valence-electron chi connectivity index (χ3n) is 7.02. The number of aliphatic hydroxyl groups is 3. The highest BCUT2D eigenvalue weighted by Crippen LogP contribution is 2.09. The number of nitrogens with two attached hydrogens (primary N) is 2. The van der Waals surface area contributed by atoms with E-state index in [4.69, 9.17) is 11.5 Å². The summed E-state index contributed by atoms with van der Waals surface area (Å²) in [5.74, 6) is -8.39. The van der Waals surface area contributed by atoms with Crippen molar-refractivity contribution in [3.05, 3.63) is 0 Å².